The van der Waals surface area contributed by atoms with Crippen molar-refractivity contribution in [3.8, 4) is 0 Å². The summed E-state index contributed by atoms with van der Waals surface area (Å²) in [6, 6.07) is -0.0786. The smallest absolute Gasteiger partial charge is 0.220 e. The van der Waals surface area contributed by atoms with Gasteiger partial charge in [-0.25, -0.2) is 4.98 Å². The summed E-state index contributed by atoms with van der Waals surface area (Å²) >= 11 is 0. The first kappa shape index (κ1) is 14.7. The van der Waals surface area contributed by atoms with Crippen LogP contribution in [-0.2, 0) is 4.79 Å². The number of rotatable bonds is 7. The summed E-state index contributed by atoms with van der Waals surface area (Å²) in [5.41, 5.74) is 5.68. The van der Waals surface area contributed by atoms with Crippen molar-refractivity contribution in [2.45, 2.75) is 46.1 Å². The highest BCUT2D eigenvalue weighted by atomic mass is 16.1. The molecule has 0 aromatic carbocycles. The zero-order valence-electron chi connectivity index (χ0n) is 11.5. The van der Waals surface area contributed by atoms with E-state index in [1.165, 1.54) is 0 Å². The summed E-state index contributed by atoms with van der Waals surface area (Å²) in [4.78, 5) is 18.9. The van der Waals surface area contributed by atoms with Gasteiger partial charge in [-0.15, -0.1) is 0 Å². The molecule has 1 aromatic rings. The van der Waals surface area contributed by atoms with Gasteiger partial charge in [0.15, 0.2) is 0 Å². The highest BCUT2D eigenvalue weighted by Gasteiger charge is 2.19. The zero-order valence-corrected chi connectivity index (χ0v) is 11.5. The van der Waals surface area contributed by atoms with Crippen LogP contribution in [0.1, 0.15) is 51.9 Å². The van der Waals surface area contributed by atoms with Gasteiger partial charge in [-0.05, 0) is 31.7 Å². The van der Waals surface area contributed by atoms with Gasteiger partial charge in [-0.2, -0.15) is 0 Å². The molecule has 0 saturated heterocycles. The summed E-state index contributed by atoms with van der Waals surface area (Å²) < 4.78 is 0. The first-order valence-corrected chi connectivity index (χ1v) is 6.43. The van der Waals surface area contributed by atoms with Crippen molar-refractivity contribution < 1.29 is 4.79 Å². The molecule has 4 N–H and O–H groups in total. The van der Waals surface area contributed by atoms with Crippen molar-refractivity contribution in [3.05, 3.63) is 18.2 Å². The maximum absolute atomic E-state index is 11.8. The van der Waals surface area contributed by atoms with Gasteiger partial charge in [0, 0.05) is 18.8 Å². The second-order valence-corrected chi connectivity index (χ2v) is 5.47. The summed E-state index contributed by atoms with van der Waals surface area (Å²) in [7, 11) is 0. The molecule has 5 nitrogen and oxygen atoms in total. The van der Waals surface area contributed by atoms with Crippen molar-refractivity contribution in [3.63, 3.8) is 0 Å². The summed E-state index contributed by atoms with van der Waals surface area (Å²) in [6.45, 7) is 6.87. The molecular weight excluding hydrogens is 228 g/mol. The molecule has 102 valence electrons. The van der Waals surface area contributed by atoms with Crippen molar-refractivity contribution in [2.24, 2.45) is 11.1 Å². The topological polar surface area (TPSA) is 83.8 Å². The second kappa shape index (κ2) is 6.54. The molecule has 0 spiro atoms. The molecule has 0 radical (unpaired) electrons. The number of imidazole rings is 1. The molecule has 0 aliphatic carbocycles. The molecule has 0 fully saturated rings. The largest absolute Gasteiger partial charge is 0.347 e. The number of carbonyl (C=O) groups is 1. The third kappa shape index (κ3) is 4.87. The lowest BCUT2D eigenvalue weighted by atomic mass is 9.84. The van der Waals surface area contributed by atoms with Crippen molar-refractivity contribution in [1.82, 2.24) is 15.3 Å². The van der Waals surface area contributed by atoms with Crippen LogP contribution in [0.3, 0.4) is 0 Å². The Bertz CT molecular complexity index is 359. The van der Waals surface area contributed by atoms with Crippen LogP contribution < -0.4 is 11.1 Å². The van der Waals surface area contributed by atoms with E-state index in [2.05, 4.69) is 29.1 Å². The molecule has 1 amide bonds. The number of hydrogen-bond acceptors (Lipinski definition) is 3. The summed E-state index contributed by atoms with van der Waals surface area (Å²) in [5, 5.41) is 2.93. The normalized spacial score (nSPS) is 13.3. The van der Waals surface area contributed by atoms with Crippen LogP contribution in [0.2, 0.25) is 0 Å². The monoisotopic (exact) mass is 252 g/mol. The number of nitrogens with zero attached hydrogens (tertiary/aromatic N) is 1. The van der Waals surface area contributed by atoms with Crippen LogP contribution in [0, 0.1) is 5.41 Å². The fourth-order valence-electron chi connectivity index (χ4n) is 1.86. The zero-order chi connectivity index (χ0) is 13.6. The molecule has 0 aliphatic heterocycles. The lowest BCUT2D eigenvalue weighted by Crippen LogP contribution is -2.29. The number of nitrogens with one attached hydrogen (secondary N) is 2. The van der Waals surface area contributed by atoms with Gasteiger partial charge in [-0.3, -0.25) is 4.79 Å². The van der Waals surface area contributed by atoms with Crippen LogP contribution in [0.25, 0.3) is 0 Å². The van der Waals surface area contributed by atoms with Gasteiger partial charge >= 0.3 is 0 Å². The predicted octanol–water partition coefficient (Wildman–Crippen LogP) is 1.74. The van der Waals surface area contributed by atoms with Gasteiger partial charge in [0.05, 0.1) is 6.04 Å². The Morgan fingerprint density at radius 1 is 1.56 bits per heavy atom. The van der Waals surface area contributed by atoms with Crippen LogP contribution in [-0.4, -0.2) is 22.4 Å². The van der Waals surface area contributed by atoms with Gasteiger partial charge in [0.25, 0.3) is 0 Å². The number of aromatic nitrogens is 2. The Labute approximate surface area is 109 Å². The highest BCUT2D eigenvalue weighted by molar-refractivity contribution is 5.76. The molecule has 18 heavy (non-hydrogen) atoms. The van der Waals surface area contributed by atoms with E-state index >= 15 is 0 Å². The fraction of sp³-hybridized carbons (Fsp3) is 0.692. The SMILES string of the molecule is CC(NC(=O)CCC(C)(C)CCN)c1ncc[nH]1. The molecule has 0 aliphatic rings. The highest BCUT2D eigenvalue weighted by Crippen LogP contribution is 2.25. The van der Waals surface area contributed by atoms with Crippen molar-refractivity contribution >= 4 is 5.91 Å². The Balaban J connectivity index is 2.34. The third-order valence-corrected chi connectivity index (χ3v) is 3.16. The molecule has 1 aromatic heterocycles. The second-order valence-electron chi connectivity index (χ2n) is 5.47. The molecule has 1 rings (SSSR count). The minimum absolute atomic E-state index is 0.0593. The quantitative estimate of drug-likeness (QED) is 0.691. The van der Waals surface area contributed by atoms with E-state index in [4.69, 9.17) is 5.73 Å². The average Bonchev–Trinajstić information content (AvgIpc) is 2.80. The Morgan fingerprint density at radius 3 is 2.83 bits per heavy atom. The first-order valence-electron chi connectivity index (χ1n) is 6.43. The van der Waals surface area contributed by atoms with Crippen LogP contribution in [0.5, 0.6) is 0 Å². The maximum Gasteiger partial charge on any atom is 0.220 e. The molecule has 0 saturated carbocycles. The molecule has 0 bridgehead atoms. The van der Waals surface area contributed by atoms with E-state index in [-0.39, 0.29) is 17.4 Å². The average molecular weight is 252 g/mol. The molecule has 1 heterocycles. The minimum Gasteiger partial charge on any atom is -0.347 e. The van der Waals surface area contributed by atoms with Crippen molar-refractivity contribution in [2.75, 3.05) is 6.54 Å². The maximum atomic E-state index is 11.8. The number of amides is 1. The van der Waals surface area contributed by atoms with E-state index in [1.54, 1.807) is 12.4 Å². The lowest BCUT2D eigenvalue weighted by molar-refractivity contribution is -0.122. The van der Waals surface area contributed by atoms with Crippen LogP contribution in [0.15, 0.2) is 12.4 Å². The van der Waals surface area contributed by atoms with E-state index in [0.29, 0.717) is 13.0 Å². The van der Waals surface area contributed by atoms with Crippen molar-refractivity contribution in [1.29, 1.82) is 0 Å². The number of aromatic amines is 1. The molecule has 1 unspecified atom stereocenters. The number of hydrogen-bond donors (Lipinski definition) is 3. The van der Waals surface area contributed by atoms with Gasteiger partial charge in [0.1, 0.15) is 5.82 Å². The van der Waals surface area contributed by atoms with Gasteiger partial charge < -0.3 is 16.0 Å². The minimum atomic E-state index is -0.0786. The third-order valence-electron chi connectivity index (χ3n) is 3.16. The first-order chi connectivity index (χ1) is 8.44. The van der Waals surface area contributed by atoms with E-state index in [0.717, 1.165) is 18.7 Å². The Morgan fingerprint density at radius 2 is 2.28 bits per heavy atom. The Kier molecular flexibility index (Phi) is 5.34. The molecular formula is C13H24N4O. The number of carbonyl (C=O) groups excluding carboxylic acids is 1. The fourth-order valence-corrected chi connectivity index (χ4v) is 1.86. The predicted molar refractivity (Wildman–Crippen MR) is 71.8 cm³/mol. The van der Waals surface area contributed by atoms with Gasteiger partial charge in [0.2, 0.25) is 5.91 Å². The lowest BCUT2D eigenvalue weighted by Gasteiger charge is -2.23. The van der Waals surface area contributed by atoms with E-state index in [9.17, 15) is 4.79 Å². The van der Waals surface area contributed by atoms with E-state index in [1.807, 2.05) is 6.92 Å². The van der Waals surface area contributed by atoms with Gasteiger partial charge in [-0.1, -0.05) is 13.8 Å². The molecule has 5 heteroatoms. The standard InChI is InChI=1S/C13H24N4O/c1-10(12-15-8-9-16-12)17-11(18)4-5-13(2,3)6-7-14/h8-10H,4-7,14H2,1-3H3,(H,15,16)(H,17,18). The number of H-pyrrole nitrogens is 1. The summed E-state index contributed by atoms with van der Waals surface area (Å²) in [5.74, 6) is 0.841. The number of nitrogens with two attached hydrogens (primary N) is 1. The Hall–Kier alpha value is -1.36. The molecule has 1 atom stereocenters. The van der Waals surface area contributed by atoms with E-state index < -0.39 is 0 Å². The van der Waals surface area contributed by atoms with Crippen LogP contribution in [0.4, 0.5) is 0 Å². The van der Waals surface area contributed by atoms with Crippen LogP contribution >= 0.6 is 0 Å². The summed E-state index contributed by atoms with van der Waals surface area (Å²) in [6.07, 6.45) is 5.75.